The number of rotatable bonds is 5. The van der Waals surface area contributed by atoms with Gasteiger partial charge in [-0.1, -0.05) is 13.8 Å². The Morgan fingerprint density at radius 1 is 1.47 bits per heavy atom. The van der Waals surface area contributed by atoms with Gasteiger partial charge in [-0.2, -0.15) is 5.10 Å². The zero-order valence-electron chi connectivity index (χ0n) is 10.3. The fraction of sp³-hybridized carbons (Fsp3) is 0.462. The molecule has 0 fully saturated rings. The first-order chi connectivity index (χ1) is 8.26. The Hall–Kier alpha value is -1.13. The Balaban J connectivity index is 2.21. The molecule has 0 radical (unpaired) electrons. The largest absolute Gasteiger partial charge is 0.383 e. The van der Waals surface area contributed by atoms with Gasteiger partial charge in [0, 0.05) is 23.2 Å². The highest BCUT2D eigenvalue weighted by molar-refractivity contribution is 7.10. The molecule has 17 heavy (non-hydrogen) atoms. The van der Waals surface area contributed by atoms with E-state index in [0.717, 1.165) is 29.8 Å². The lowest BCUT2D eigenvalue weighted by Crippen LogP contribution is -1.99. The van der Waals surface area contributed by atoms with Gasteiger partial charge < -0.3 is 5.11 Å². The van der Waals surface area contributed by atoms with Gasteiger partial charge in [-0.15, -0.1) is 11.3 Å². The molecule has 1 N–H and O–H groups in total. The first-order valence-corrected chi connectivity index (χ1v) is 6.90. The number of hydrogen-bond donors (Lipinski definition) is 1. The maximum Gasteiger partial charge on any atom is 0.116 e. The van der Waals surface area contributed by atoms with Gasteiger partial charge >= 0.3 is 0 Å². The van der Waals surface area contributed by atoms with E-state index in [1.165, 1.54) is 5.56 Å². The van der Waals surface area contributed by atoms with Crippen molar-refractivity contribution in [1.29, 1.82) is 0 Å². The lowest BCUT2D eigenvalue weighted by Gasteiger charge is -2.08. The summed E-state index contributed by atoms with van der Waals surface area (Å²) in [6.45, 7) is 5.13. The molecule has 2 aromatic heterocycles. The molecule has 3 nitrogen and oxygen atoms in total. The maximum atomic E-state index is 10.3. The van der Waals surface area contributed by atoms with E-state index in [2.05, 4.69) is 25.0 Å². The minimum absolute atomic E-state index is 0.532. The van der Waals surface area contributed by atoms with Gasteiger partial charge in [0.2, 0.25) is 0 Å². The molecule has 0 saturated carbocycles. The minimum Gasteiger partial charge on any atom is -0.383 e. The normalized spacial score (nSPS) is 12.9. The zero-order chi connectivity index (χ0) is 12.3. The van der Waals surface area contributed by atoms with Gasteiger partial charge in [-0.25, -0.2) is 0 Å². The molecule has 92 valence electrons. The smallest absolute Gasteiger partial charge is 0.116 e. The molecule has 0 aliphatic carbocycles. The molecule has 2 aromatic rings. The van der Waals surface area contributed by atoms with Crippen molar-refractivity contribution in [1.82, 2.24) is 9.78 Å². The lowest BCUT2D eigenvalue weighted by molar-refractivity contribution is 0.223. The number of aryl methyl sites for hydroxylation is 2. The summed E-state index contributed by atoms with van der Waals surface area (Å²) in [7, 11) is 0. The first kappa shape index (κ1) is 12.3. The van der Waals surface area contributed by atoms with Crippen LogP contribution in [0.1, 0.15) is 42.4 Å². The summed E-state index contributed by atoms with van der Waals surface area (Å²) in [5.41, 5.74) is 2.11. The second-order valence-corrected chi connectivity index (χ2v) is 5.05. The van der Waals surface area contributed by atoms with Gasteiger partial charge in [0.05, 0.1) is 6.20 Å². The predicted molar refractivity (Wildman–Crippen MR) is 70.3 cm³/mol. The average molecular weight is 250 g/mol. The topological polar surface area (TPSA) is 38.0 Å². The summed E-state index contributed by atoms with van der Waals surface area (Å²) in [5, 5.41) is 16.6. The van der Waals surface area contributed by atoms with E-state index >= 15 is 0 Å². The number of aliphatic hydroxyl groups is 1. The van der Waals surface area contributed by atoms with E-state index in [0.29, 0.717) is 0 Å². The van der Waals surface area contributed by atoms with Crippen LogP contribution in [0.3, 0.4) is 0 Å². The summed E-state index contributed by atoms with van der Waals surface area (Å²) in [5.74, 6) is 0. The maximum absolute atomic E-state index is 10.3. The van der Waals surface area contributed by atoms with Crippen molar-refractivity contribution in [2.24, 2.45) is 0 Å². The summed E-state index contributed by atoms with van der Waals surface area (Å²) in [6.07, 6.45) is 5.18. The summed E-state index contributed by atoms with van der Waals surface area (Å²) in [4.78, 5) is 1.04. The van der Waals surface area contributed by atoms with Crippen LogP contribution in [0, 0.1) is 0 Å². The van der Waals surface area contributed by atoms with Crippen LogP contribution in [-0.4, -0.2) is 14.9 Å². The quantitative estimate of drug-likeness (QED) is 0.886. The molecule has 2 heterocycles. The highest BCUT2D eigenvalue weighted by Gasteiger charge is 2.16. The molecule has 0 aliphatic heterocycles. The van der Waals surface area contributed by atoms with Gasteiger partial charge in [0.25, 0.3) is 0 Å². The summed E-state index contributed by atoms with van der Waals surface area (Å²) >= 11 is 1.61. The van der Waals surface area contributed by atoms with Crippen molar-refractivity contribution >= 4 is 11.3 Å². The minimum atomic E-state index is -0.532. The van der Waals surface area contributed by atoms with Crippen LogP contribution < -0.4 is 0 Å². The molecule has 0 aromatic carbocycles. The Kier molecular flexibility index (Phi) is 3.97. The molecular weight excluding hydrogens is 232 g/mol. The first-order valence-electron chi connectivity index (χ1n) is 6.03. The molecule has 0 aliphatic rings. The van der Waals surface area contributed by atoms with Crippen LogP contribution in [0.5, 0.6) is 0 Å². The van der Waals surface area contributed by atoms with E-state index in [9.17, 15) is 5.11 Å². The Labute approximate surface area is 106 Å². The van der Waals surface area contributed by atoms with Gasteiger partial charge in [-0.05, 0) is 29.9 Å². The van der Waals surface area contributed by atoms with Crippen LogP contribution >= 0.6 is 11.3 Å². The van der Waals surface area contributed by atoms with E-state index in [1.54, 1.807) is 17.5 Å². The molecule has 0 spiro atoms. The monoisotopic (exact) mass is 250 g/mol. The molecular formula is C13H18N2OS. The standard InChI is InChI=1S/C13H18N2OS/c1-3-6-15-9-11(8-14-15)12(16)13-10(4-2)5-7-17-13/h5,7-9,12,16H,3-4,6H2,1-2H3. The Morgan fingerprint density at radius 3 is 3.00 bits per heavy atom. The van der Waals surface area contributed by atoms with Crippen LogP contribution in [0.4, 0.5) is 0 Å². The zero-order valence-corrected chi connectivity index (χ0v) is 11.1. The molecule has 0 bridgehead atoms. The molecule has 1 atom stereocenters. The summed E-state index contributed by atoms with van der Waals surface area (Å²) in [6, 6.07) is 2.08. The number of nitrogens with zero attached hydrogens (tertiary/aromatic N) is 2. The Morgan fingerprint density at radius 2 is 2.29 bits per heavy atom. The molecule has 0 saturated heterocycles. The van der Waals surface area contributed by atoms with Gasteiger partial charge in [-0.3, -0.25) is 4.68 Å². The molecule has 2 rings (SSSR count). The lowest BCUT2D eigenvalue weighted by atomic mass is 10.1. The van der Waals surface area contributed by atoms with E-state index < -0.39 is 6.10 Å². The third-order valence-corrected chi connectivity index (χ3v) is 3.84. The third kappa shape index (κ3) is 2.58. The van der Waals surface area contributed by atoms with Crippen molar-refractivity contribution in [3.05, 3.63) is 39.8 Å². The number of hydrogen-bond acceptors (Lipinski definition) is 3. The molecule has 4 heteroatoms. The van der Waals surface area contributed by atoms with E-state index in [1.807, 2.05) is 16.3 Å². The third-order valence-electron chi connectivity index (χ3n) is 2.83. The van der Waals surface area contributed by atoms with Crippen LogP contribution in [0.15, 0.2) is 23.8 Å². The number of aliphatic hydroxyl groups excluding tert-OH is 1. The van der Waals surface area contributed by atoms with Crippen molar-refractivity contribution in [2.75, 3.05) is 0 Å². The second kappa shape index (κ2) is 5.47. The van der Waals surface area contributed by atoms with E-state index in [-0.39, 0.29) is 0 Å². The molecule has 1 unspecified atom stereocenters. The second-order valence-electron chi connectivity index (χ2n) is 4.10. The average Bonchev–Trinajstić information content (AvgIpc) is 2.96. The van der Waals surface area contributed by atoms with Crippen molar-refractivity contribution in [2.45, 2.75) is 39.3 Å². The molecule has 0 amide bonds. The number of thiophene rings is 1. The van der Waals surface area contributed by atoms with Gasteiger partial charge in [0.15, 0.2) is 0 Å². The van der Waals surface area contributed by atoms with Crippen LogP contribution in [0.2, 0.25) is 0 Å². The van der Waals surface area contributed by atoms with E-state index in [4.69, 9.17) is 0 Å². The van der Waals surface area contributed by atoms with Crippen molar-refractivity contribution in [3.63, 3.8) is 0 Å². The highest BCUT2D eigenvalue weighted by atomic mass is 32.1. The van der Waals surface area contributed by atoms with Crippen molar-refractivity contribution < 1.29 is 5.11 Å². The SMILES string of the molecule is CCCn1cc(C(O)c2sccc2CC)cn1. The fourth-order valence-electron chi connectivity index (χ4n) is 1.90. The Bertz CT molecular complexity index is 475. The number of aromatic nitrogens is 2. The van der Waals surface area contributed by atoms with Gasteiger partial charge in [0.1, 0.15) is 6.10 Å². The fourth-order valence-corrected chi connectivity index (χ4v) is 2.91. The summed E-state index contributed by atoms with van der Waals surface area (Å²) < 4.78 is 1.89. The highest BCUT2D eigenvalue weighted by Crippen LogP contribution is 2.29. The van der Waals surface area contributed by atoms with Crippen molar-refractivity contribution in [3.8, 4) is 0 Å². The van der Waals surface area contributed by atoms with Crippen LogP contribution in [-0.2, 0) is 13.0 Å². The van der Waals surface area contributed by atoms with Crippen LogP contribution in [0.25, 0.3) is 0 Å². The predicted octanol–water partition coefficient (Wildman–Crippen LogP) is 3.00.